The number of nitrogens with one attached hydrogen (secondary N) is 1. The van der Waals surface area contributed by atoms with Gasteiger partial charge in [-0.1, -0.05) is 12.1 Å². The average Bonchev–Trinajstić information content (AvgIpc) is 3.05. The molecular weight excluding hydrogens is 413 g/mol. The quantitative estimate of drug-likeness (QED) is 0.606. The Morgan fingerprint density at radius 1 is 1.19 bits per heavy atom. The van der Waals surface area contributed by atoms with Gasteiger partial charge >= 0.3 is 0 Å². The van der Waals surface area contributed by atoms with Gasteiger partial charge in [0.05, 0.1) is 22.9 Å². The third-order valence-electron chi connectivity index (χ3n) is 4.05. The lowest BCUT2D eigenvalue weighted by molar-refractivity contribution is 0.0949. The first kappa shape index (κ1) is 19.1. The second-order valence-electron chi connectivity index (χ2n) is 5.88. The van der Waals surface area contributed by atoms with Gasteiger partial charge in [0.2, 0.25) is 0 Å². The van der Waals surface area contributed by atoms with Crippen molar-refractivity contribution in [2.24, 2.45) is 0 Å². The van der Waals surface area contributed by atoms with Crippen molar-refractivity contribution >= 4 is 21.8 Å². The molecule has 0 aliphatic heterocycles. The van der Waals surface area contributed by atoms with E-state index >= 15 is 0 Å². The van der Waals surface area contributed by atoms with Crippen LogP contribution in [0.25, 0.3) is 0 Å². The molecule has 3 aromatic rings. The molecule has 0 saturated carbocycles. The van der Waals surface area contributed by atoms with Gasteiger partial charge in [-0.2, -0.15) is 5.10 Å². The summed E-state index contributed by atoms with van der Waals surface area (Å²) in [5, 5.41) is 7.13. The lowest BCUT2D eigenvalue weighted by atomic mass is 10.1. The SMILES string of the molecule is CCn1ncc(Br)c1CNC(=O)c1ccc(COc2ccc(F)cc2)cc1. The van der Waals surface area contributed by atoms with E-state index in [1.807, 2.05) is 23.7 Å². The molecule has 1 heterocycles. The molecule has 7 heteroatoms. The number of aromatic nitrogens is 2. The van der Waals surface area contributed by atoms with Crippen LogP contribution in [0, 0.1) is 5.82 Å². The number of hydrogen-bond acceptors (Lipinski definition) is 3. The molecule has 0 aliphatic rings. The Hall–Kier alpha value is -2.67. The smallest absolute Gasteiger partial charge is 0.251 e. The van der Waals surface area contributed by atoms with Crippen molar-refractivity contribution in [3.8, 4) is 5.75 Å². The highest BCUT2D eigenvalue weighted by Crippen LogP contribution is 2.16. The van der Waals surface area contributed by atoms with Gasteiger partial charge in [-0.05, 0) is 64.8 Å². The molecule has 0 radical (unpaired) electrons. The highest BCUT2D eigenvalue weighted by molar-refractivity contribution is 9.10. The van der Waals surface area contributed by atoms with Gasteiger partial charge in [-0.3, -0.25) is 9.48 Å². The predicted molar refractivity (Wildman–Crippen MR) is 104 cm³/mol. The zero-order valence-corrected chi connectivity index (χ0v) is 16.4. The summed E-state index contributed by atoms with van der Waals surface area (Å²) in [6, 6.07) is 13.1. The van der Waals surface area contributed by atoms with E-state index in [1.165, 1.54) is 12.1 Å². The largest absolute Gasteiger partial charge is 0.489 e. The highest BCUT2D eigenvalue weighted by atomic mass is 79.9. The van der Waals surface area contributed by atoms with Crippen LogP contribution in [-0.2, 0) is 19.7 Å². The molecule has 140 valence electrons. The van der Waals surface area contributed by atoms with Crippen LogP contribution in [0.2, 0.25) is 0 Å². The van der Waals surface area contributed by atoms with Crippen molar-refractivity contribution in [2.45, 2.75) is 26.6 Å². The van der Waals surface area contributed by atoms with E-state index in [9.17, 15) is 9.18 Å². The van der Waals surface area contributed by atoms with Crippen molar-refractivity contribution in [2.75, 3.05) is 0 Å². The van der Waals surface area contributed by atoms with E-state index in [0.29, 0.717) is 24.5 Å². The molecule has 3 rings (SSSR count). The number of hydrogen-bond donors (Lipinski definition) is 1. The minimum absolute atomic E-state index is 0.156. The fraction of sp³-hybridized carbons (Fsp3) is 0.200. The number of nitrogens with zero attached hydrogens (tertiary/aromatic N) is 2. The lowest BCUT2D eigenvalue weighted by Crippen LogP contribution is -2.24. The maximum Gasteiger partial charge on any atom is 0.251 e. The van der Waals surface area contributed by atoms with E-state index in [-0.39, 0.29) is 11.7 Å². The van der Waals surface area contributed by atoms with E-state index < -0.39 is 0 Å². The van der Waals surface area contributed by atoms with Crippen LogP contribution < -0.4 is 10.1 Å². The van der Waals surface area contributed by atoms with Crippen LogP contribution in [0.4, 0.5) is 4.39 Å². The molecule has 1 aromatic heterocycles. The molecular formula is C20H19BrFN3O2. The molecule has 5 nitrogen and oxygen atoms in total. The van der Waals surface area contributed by atoms with Crippen LogP contribution in [0.1, 0.15) is 28.5 Å². The number of halogens is 2. The number of benzene rings is 2. The van der Waals surface area contributed by atoms with Gasteiger partial charge in [-0.25, -0.2) is 4.39 Å². The normalized spacial score (nSPS) is 10.6. The number of amides is 1. The zero-order valence-electron chi connectivity index (χ0n) is 14.8. The Kier molecular flexibility index (Phi) is 6.24. The van der Waals surface area contributed by atoms with Gasteiger partial charge in [0, 0.05) is 12.1 Å². The van der Waals surface area contributed by atoms with E-state index in [2.05, 4.69) is 26.3 Å². The van der Waals surface area contributed by atoms with Crippen molar-refractivity contribution in [3.63, 3.8) is 0 Å². The Labute approximate surface area is 165 Å². The Morgan fingerprint density at radius 2 is 1.89 bits per heavy atom. The summed E-state index contributed by atoms with van der Waals surface area (Å²) in [6.07, 6.45) is 1.72. The third kappa shape index (κ3) is 4.95. The maximum absolute atomic E-state index is 12.9. The molecule has 27 heavy (non-hydrogen) atoms. The van der Waals surface area contributed by atoms with Crippen LogP contribution >= 0.6 is 15.9 Å². The Morgan fingerprint density at radius 3 is 2.56 bits per heavy atom. The number of ether oxygens (including phenoxy) is 1. The summed E-state index contributed by atoms with van der Waals surface area (Å²) in [6.45, 7) is 3.47. The maximum atomic E-state index is 12.9. The van der Waals surface area contributed by atoms with Crippen molar-refractivity contribution in [3.05, 3.63) is 81.8 Å². The first-order valence-electron chi connectivity index (χ1n) is 8.52. The second kappa shape index (κ2) is 8.81. The number of rotatable bonds is 7. The first-order valence-corrected chi connectivity index (χ1v) is 9.32. The molecule has 0 atom stereocenters. The summed E-state index contributed by atoms with van der Waals surface area (Å²) >= 11 is 3.44. The Bertz CT molecular complexity index is 908. The fourth-order valence-corrected chi connectivity index (χ4v) is 2.99. The third-order valence-corrected chi connectivity index (χ3v) is 4.71. The molecule has 0 fully saturated rings. The average molecular weight is 432 g/mol. The van der Waals surface area contributed by atoms with Crippen molar-refractivity contribution in [1.82, 2.24) is 15.1 Å². The zero-order chi connectivity index (χ0) is 19.2. The van der Waals surface area contributed by atoms with Crippen molar-refractivity contribution < 1.29 is 13.9 Å². The van der Waals surface area contributed by atoms with Crippen LogP contribution in [0.15, 0.2) is 59.2 Å². The number of carbonyl (C=O) groups is 1. The minimum Gasteiger partial charge on any atom is -0.489 e. The van der Waals surface area contributed by atoms with E-state index in [4.69, 9.17) is 4.74 Å². The summed E-state index contributed by atoms with van der Waals surface area (Å²) in [5.41, 5.74) is 2.41. The molecule has 1 amide bonds. The topological polar surface area (TPSA) is 56.2 Å². The minimum atomic E-state index is -0.299. The van der Waals surface area contributed by atoms with Crippen molar-refractivity contribution in [1.29, 1.82) is 0 Å². The molecule has 0 spiro atoms. The standard InChI is InChI=1S/C20H19BrFN3O2/c1-2-25-19(18(21)11-24-25)12-23-20(26)15-5-3-14(4-6-15)13-27-17-9-7-16(22)8-10-17/h3-11H,2,12-13H2,1H3,(H,23,26). The number of aryl methyl sites for hydroxylation is 1. The molecule has 0 bridgehead atoms. The van der Waals surface area contributed by atoms with Crippen LogP contribution in [0.3, 0.4) is 0 Å². The summed E-state index contributed by atoms with van der Waals surface area (Å²) in [7, 11) is 0. The molecule has 0 unspecified atom stereocenters. The van der Waals surface area contributed by atoms with Gasteiger partial charge in [0.25, 0.3) is 5.91 Å². The molecule has 0 saturated heterocycles. The summed E-state index contributed by atoms with van der Waals surface area (Å²) < 4.78 is 21.2. The lowest BCUT2D eigenvalue weighted by Gasteiger charge is -2.09. The van der Waals surface area contributed by atoms with Gasteiger partial charge in [0.15, 0.2) is 0 Å². The number of carbonyl (C=O) groups excluding carboxylic acids is 1. The molecule has 0 aliphatic carbocycles. The Balaban J connectivity index is 1.55. The van der Waals surface area contributed by atoms with E-state index in [1.54, 1.807) is 30.5 Å². The first-order chi connectivity index (χ1) is 13.1. The highest BCUT2D eigenvalue weighted by Gasteiger charge is 2.11. The second-order valence-corrected chi connectivity index (χ2v) is 6.73. The van der Waals surface area contributed by atoms with Crippen LogP contribution in [-0.4, -0.2) is 15.7 Å². The monoisotopic (exact) mass is 431 g/mol. The van der Waals surface area contributed by atoms with Crippen LogP contribution in [0.5, 0.6) is 5.75 Å². The van der Waals surface area contributed by atoms with Gasteiger partial charge in [0.1, 0.15) is 18.2 Å². The fourth-order valence-electron chi connectivity index (χ4n) is 2.55. The molecule has 2 aromatic carbocycles. The predicted octanol–water partition coefficient (Wildman–Crippen LogP) is 4.31. The van der Waals surface area contributed by atoms with Gasteiger partial charge in [-0.15, -0.1) is 0 Å². The molecule has 1 N–H and O–H groups in total. The summed E-state index contributed by atoms with van der Waals surface area (Å²) in [5.74, 6) is 0.139. The van der Waals surface area contributed by atoms with E-state index in [0.717, 1.165) is 22.3 Å². The summed E-state index contributed by atoms with van der Waals surface area (Å²) in [4.78, 5) is 12.4. The van der Waals surface area contributed by atoms with Gasteiger partial charge < -0.3 is 10.1 Å².